The van der Waals surface area contributed by atoms with E-state index in [0.717, 1.165) is 37.1 Å². The standard InChI is InChI=1S/C18H29NO2/c1-12-2-3-19(11-16(12)20)17(21)10-18-7-13-4-14(8-18)6-15(5-13)9-18/h12-16,20H,2-11H2,1H3. The molecule has 0 spiro atoms. The van der Waals surface area contributed by atoms with Crippen LogP contribution < -0.4 is 0 Å². The van der Waals surface area contributed by atoms with Gasteiger partial charge in [0, 0.05) is 19.5 Å². The van der Waals surface area contributed by atoms with E-state index in [2.05, 4.69) is 6.92 Å². The molecule has 0 aromatic heterocycles. The van der Waals surface area contributed by atoms with Crippen LogP contribution in [0.2, 0.25) is 0 Å². The lowest BCUT2D eigenvalue weighted by molar-refractivity contribution is -0.143. The molecule has 21 heavy (non-hydrogen) atoms. The fourth-order valence-corrected chi connectivity index (χ4v) is 6.21. The number of aliphatic hydroxyl groups excluding tert-OH is 1. The molecule has 1 heterocycles. The fourth-order valence-electron chi connectivity index (χ4n) is 6.21. The van der Waals surface area contributed by atoms with E-state index < -0.39 is 0 Å². The normalized spacial score (nSPS) is 48.7. The summed E-state index contributed by atoms with van der Waals surface area (Å²) < 4.78 is 0. The Kier molecular flexibility index (Phi) is 3.33. The third-order valence-electron chi connectivity index (χ3n) is 6.96. The van der Waals surface area contributed by atoms with E-state index in [1.54, 1.807) is 0 Å². The van der Waals surface area contributed by atoms with Gasteiger partial charge in [0.1, 0.15) is 0 Å². The lowest BCUT2D eigenvalue weighted by Crippen LogP contribution is -2.51. The maximum atomic E-state index is 12.7. The monoisotopic (exact) mass is 291 g/mol. The zero-order valence-electron chi connectivity index (χ0n) is 13.3. The van der Waals surface area contributed by atoms with Crippen LogP contribution in [0, 0.1) is 29.1 Å². The first-order valence-corrected chi connectivity index (χ1v) is 8.99. The van der Waals surface area contributed by atoms with E-state index in [-0.39, 0.29) is 6.10 Å². The first-order valence-electron chi connectivity index (χ1n) is 8.99. The van der Waals surface area contributed by atoms with E-state index in [9.17, 15) is 9.90 Å². The summed E-state index contributed by atoms with van der Waals surface area (Å²) in [6.07, 6.45) is 9.62. The molecule has 2 unspecified atom stereocenters. The fraction of sp³-hybridized carbons (Fsp3) is 0.944. The van der Waals surface area contributed by atoms with Gasteiger partial charge in [-0.3, -0.25) is 4.79 Å². The Morgan fingerprint density at radius 2 is 1.71 bits per heavy atom. The molecule has 0 aromatic carbocycles. The highest BCUT2D eigenvalue weighted by atomic mass is 16.3. The number of nitrogens with zero attached hydrogens (tertiary/aromatic N) is 1. The third kappa shape index (κ3) is 2.52. The number of aliphatic hydroxyl groups is 1. The topological polar surface area (TPSA) is 40.5 Å². The molecule has 1 amide bonds. The minimum absolute atomic E-state index is 0.320. The smallest absolute Gasteiger partial charge is 0.223 e. The maximum absolute atomic E-state index is 12.7. The van der Waals surface area contributed by atoms with Crippen LogP contribution in [0.5, 0.6) is 0 Å². The predicted octanol–water partition coefficient (Wildman–Crippen LogP) is 2.82. The van der Waals surface area contributed by atoms with Crippen LogP contribution in [0.4, 0.5) is 0 Å². The van der Waals surface area contributed by atoms with Gasteiger partial charge in [-0.2, -0.15) is 0 Å². The first kappa shape index (κ1) is 14.0. The molecule has 3 nitrogen and oxygen atoms in total. The Labute approximate surface area is 128 Å². The van der Waals surface area contributed by atoms with Gasteiger partial charge in [0.2, 0.25) is 5.91 Å². The predicted molar refractivity (Wildman–Crippen MR) is 81.6 cm³/mol. The first-order chi connectivity index (χ1) is 10.0. The van der Waals surface area contributed by atoms with Gasteiger partial charge in [0.25, 0.3) is 0 Å². The van der Waals surface area contributed by atoms with Crippen molar-refractivity contribution in [1.82, 2.24) is 4.90 Å². The zero-order chi connectivity index (χ0) is 14.6. The SMILES string of the molecule is CC1CCN(C(=O)CC23CC4CC(CC(C4)C2)C3)CC1O. The van der Waals surface area contributed by atoms with Crippen molar-refractivity contribution in [1.29, 1.82) is 0 Å². The Hall–Kier alpha value is -0.570. The van der Waals surface area contributed by atoms with Crippen LogP contribution in [-0.2, 0) is 4.79 Å². The number of carbonyl (C=O) groups is 1. The molecule has 4 saturated carbocycles. The number of piperidine rings is 1. The van der Waals surface area contributed by atoms with Gasteiger partial charge in [-0.15, -0.1) is 0 Å². The van der Waals surface area contributed by atoms with Crippen LogP contribution in [-0.4, -0.2) is 35.1 Å². The van der Waals surface area contributed by atoms with Gasteiger partial charge in [-0.1, -0.05) is 6.92 Å². The number of likely N-dealkylation sites (tertiary alicyclic amines) is 1. The Balaban J connectivity index is 1.42. The summed E-state index contributed by atoms with van der Waals surface area (Å²) in [5, 5.41) is 10.0. The Bertz CT molecular complexity index is 398. The number of hydrogen-bond donors (Lipinski definition) is 1. The van der Waals surface area contributed by atoms with Crippen LogP contribution in [0.1, 0.15) is 58.3 Å². The van der Waals surface area contributed by atoms with Crippen molar-refractivity contribution in [2.45, 2.75) is 64.4 Å². The second kappa shape index (κ2) is 4.97. The average molecular weight is 291 g/mol. The van der Waals surface area contributed by atoms with E-state index in [0.29, 0.717) is 23.8 Å². The number of hydrogen-bond acceptors (Lipinski definition) is 2. The molecule has 4 aliphatic carbocycles. The van der Waals surface area contributed by atoms with Gasteiger partial charge in [0.05, 0.1) is 6.10 Å². The molecule has 0 aromatic rings. The third-order valence-corrected chi connectivity index (χ3v) is 6.96. The van der Waals surface area contributed by atoms with Crippen LogP contribution in [0.15, 0.2) is 0 Å². The van der Waals surface area contributed by atoms with Crippen molar-refractivity contribution in [3.05, 3.63) is 0 Å². The Morgan fingerprint density at radius 3 is 2.24 bits per heavy atom. The maximum Gasteiger partial charge on any atom is 0.223 e. The number of carbonyl (C=O) groups excluding carboxylic acids is 1. The molecule has 4 bridgehead atoms. The zero-order valence-corrected chi connectivity index (χ0v) is 13.3. The largest absolute Gasteiger partial charge is 0.391 e. The molecule has 5 aliphatic rings. The molecule has 1 N–H and O–H groups in total. The summed E-state index contributed by atoms with van der Waals surface area (Å²) in [6.45, 7) is 3.50. The van der Waals surface area contributed by atoms with E-state index in [4.69, 9.17) is 0 Å². The molecule has 0 radical (unpaired) electrons. The molecule has 1 saturated heterocycles. The van der Waals surface area contributed by atoms with Crippen LogP contribution >= 0.6 is 0 Å². The summed E-state index contributed by atoms with van der Waals surface area (Å²) in [4.78, 5) is 14.7. The molecule has 5 fully saturated rings. The number of β-amino-alcohol motifs (C(OH)–C–C–N with tert-alkyl or cyclic N) is 1. The molecule has 2 atom stereocenters. The minimum Gasteiger partial charge on any atom is -0.391 e. The highest BCUT2D eigenvalue weighted by Gasteiger charge is 2.51. The molecule has 3 heteroatoms. The lowest BCUT2D eigenvalue weighted by atomic mass is 9.49. The van der Waals surface area contributed by atoms with Gasteiger partial charge in [-0.25, -0.2) is 0 Å². The lowest BCUT2D eigenvalue weighted by Gasteiger charge is -2.57. The van der Waals surface area contributed by atoms with Gasteiger partial charge in [0.15, 0.2) is 0 Å². The van der Waals surface area contributed by atoms with Crippen LogP contribution in [0.3, 0.4) is 0 Å². The van der Waals surface area contributed by atoms with Gasteiger partial charge < -0.3 is 10.0 Å². The number of rotatable bonds is 2. The highest BCUT2D eigenvalue weighted by molar-refractivity contribution is 5.77. The molecule has 118 valence electrons. The summed E-state index contributed by atoms with van der Waals surface area (Å²) in [6, 6.07) is 0. The van der Waals surface area contributed by atoms with E-state index in [1.807, 2.05) is 4.90 Å². The molecule has 5 rings (SSSR count). The van der Waals surface area contributed by atoms with Crippen molar-refractivity contribution in [2.75, 3.05) is 13.1 Å². The second-order valence-corrected chi connectivity index (χ2v) is 8.77. The highest BCUT2D eigenvalue weighted by Crippen LogP contribution is 2.61. The minimum atomic E-state index is -0.320. The van der Waals surface area contributed by atoms with Crippen molar-refractivity contribution in [3.8, 4) is 0 Å². The summed E-state index contributed by atoms with van der Waals surface area (Å²) in [7, 11) is 0. The van der Waals surface area contributed by atoms with Crippen molar-refractivity contribution >= 4 is 5.91 Å². The van der Waals surface area contributed by atoms with Crippen molar-refractivity contribution in [2.24, 2.45) is 29.1 Å². The number of amides is 1. The van der Waals surface area contributed by atoms with Crippen LogP contribution in [0.25, 0.3) is 0 Å². The second-order valence-electron chi connectivity index (χ2n) is 8.77. The molecule has 1 aliphatic heterocycles. The van der Waals surface area contributed by atoms with E-state index in [1.165, 1.54) is 38.5 Å². The summed E-state index contributed by atoms with van der Waals surface area (Å²) in [5.74, 6) is 3.40. The van der Waals surface area contributed by atoms with Gasteiger partial charge >= 0.3 is 0 Å². The summed E-state index contributed by atoms with van der Waals surface area (Å²) in [5.41, 5.74) is 0.333. The summed E-state index contributed by atoms with van der Waals surface area (Å²) >= 11 is 0. The quantitative estimate of drug-likeness (QED) is 0.850. The van der Waals surface area contributed by atoms with Crippen molar-refractivity contribution < 1.29 is 9.90 Å². The molecular weight excluding hydrogens is 262 g/mol. The van der Waals surface area contributed by atoms with E-state index >= 15 is 0 Å². The van der Waals surface area contributed by atoms with Gasteiger partial charge in [-0.05, 0) is 74.0 Å². The Morgan fingerprint density at radius 1 is 1.14 bits per heavy atom. The van der Waals surface area contributed by atoms with Crippen molar-refractivity contribution in [3.63, 3.8) is 0 Å². The molecular formula is C18H29NO2. The average Bonchev–Trinajstić information content (AvgIpc) is 2.39.